The van der Waals surface area contributed by atoms with Gasteiger partial charge < -0.3 is 15.3 Å². The van der Waals surface area contributed by atoms with Gasteiger partial charge in [-0.25, -0.2) is 0 Å². The van der Waals surface area contributed by atoms with E-state index in [9.17, 15) is 4.79 Å². The SMILES string of the molecule is NCC[C@@H](C=O)OCc1ccccc1. The van der Waals surface area contributed by atoms with Crippen molar-refractivity contribution < 1.29 is 9.53 Å². The maximum absolute atomic E-state index is 10.5. The maximum atomic E-state index is 10.5. The summed E-state index contributed by atoms with van der Waals surface area (Å²) >= 11 is 0. The van der Waals surface area contributed by atoms with Gasteiger partial charge in [0.1, 0.15) is 12.4 Å². The number of carbonyl (C=O) groups is 1. The molecule has 0 saturated heterocycles. The molecule has 1 aromatic rings. The first-order valence-corrected chi connectivity index (χ1v) is 4.67. The zero-order chi connectivity index (χ0) is 10.2. The second-order valence-electron chi connectivity index (χ2n) is 3.05. The number of nitrogens with two attached hydrogens (primary N) is 1. The molecule has 0 spiro atoms. The first-order chi connectivity index (χ1) is 6.86. The Morgan fingerprint density at radius 1 is 1.36 bits per heavy atom. The van der Waals surface area contributed by atoms with Crippen molar-refractivity contribution in [1.82, 2.24) is 0 Å². The Balaban J connectivity index is 2.35. The van der Waals surface area contributed by atoms with Gasteiger partial charge in [-0.15, -0.1) is 0 Å². The highest BCUT2D eigenvalue weighted by molar-refractivity contribution is 5.55. The van der Waals surface area contributed by atoms with E-state index in [1.54, 1.807) is 0 Å². The highest BCUT2D eigenvalue weighted by atomic mass is 16.5. The molecule has 0 aliphatic rings. The third-order valence-electron chi connectivity index (χ3n) is 1.91. The topological polar surface area (TPSA) is 52.3 Å². The zero-order valence-corrected chi connectivity index (χ0v) is 8.06. The first-order valence-electron chi connectivity index (χ1n) is 4.67. The molecule has 0 unspecified atom stereocenters. The minimum Gasteiger partial charge on any atom is -0.366 e. The maximum Gasteiger partial charge on any atom is 0.148 e. The van der Waals surface area contributed by atoms with E-state index in [4.69, 9.17) is 10.5 Å². The molecule has 3 nitrogen and oxygen atoms in total. The summed E-state index contributed by atoms with van der Waals surface area (Å²) in [6, 6.07) is 9.75. The largest absolute Gasteiger partial charge is 0.366 e. The standard InChI is InChI=1S/C11H15NO2/c12-7-6-11(8-13)14-9-10-4-2-1-3-5-10/h1-5,8,11H,6-7,9,12H2/t11-/m0/s1. The lowest BCUT2D eigenvalue weighted by molar-refractivity contribution is -0.119. The molecule has 2 N–H and O–H groups in total. The van der Waals surface area contributed by atoms with Crippen LogP contribution in [0.25, 0.3) is 0 Å². The molecular weight excluding hydrogens is 178 g/mol. The van der Waals surface area contributed by atoms with Crippen molar-refractivity contribution in [1.29, 1.82) is 0 Å². The lowest BCUT2D eigenvalue weighted by Gasteiger charge is -2.10. The molecule has 0 radical (unpaired) electrons. The van der Waals surface area contributed by atoms with E-state index in [1.807, 2.05) is 30.3 Å². The van der Waals surface area contributed by atoms with Crippen LogP contribution < -0.4 is 5.73 Å². The summed E-state index contributed by atoms with van der Waals surface area (Å²) in [6.07, 6.45) is 1.01. The van der Waals surface area contributed by atoms with Crippen LogP contribution in [0.15, 0.2) is 30.3 Å². The van der Waals surface area contributed by atoms with Crippen molar-refractivity contribution in [2.45, 2.75) is 19.1 Å². The van der Waals surface area contributed by atoms with Crippen molar-refractivity contribution in [2.75, 3.05) is 6.54 Å². The van der Waals surface area contributed by atoms with Crippen LogP contribution in [0.2, 0.25) is 0 Å². The molecule has 1 atom stereocenters. The number of carbonyl (C=O) groups excluding carboxylic acids is 1. The van der Waals surface area contributed by atoms with E-state index in [0.717, 1.165) is 11.8 Å². The normalized spacial score (nSPS) is 12.4. The zero-order valence-electron chi connectivity index (χ0n) is 8.06. The van der Waals surface area contributed by atoms with Gasteiger partial charge in [-0.2, -0.15) is 0 Å². The van der Waals surface area contributed by atoms with Gasteiger partial charge in [-0.3, -0.25) is 0 Å². The molecular formula is C11H15NO2. The highest BCUT2D eigenvalue weighted by Gasteiger charge is 2.05. The van der Waals surface area contributed by atoms with Crippen molar-refractivity contribution in [3.63, 3.8) is 0 Å². The van der Waals surface area contributed by atoms with E-state index in [-0.39, 0.29) is 6.10 Å². The molecule has 0 fully saturated rings. The molecule has 0 aliphatic heterocycles. The molecule has 0 heterocycles. The van der Waals surface area contributed by atoms with Crippen molar-refractivity contribution in [3.8, 4) is 0 Å². The monoisotopic (exact) mass is 193 g/mol. The lowest BCUT2D eigenvalue weighted by atomic mass is 10.2. The fourth-order valence-electron chi connectivity index (χ4n) is 1.13. The summed E-state index contributed by atoms with van der Waals surface area (Å²) in [5.74, 6) is 0. The lowest BCUT2D eigenvalue weighted by Crippen LogP contribution is -2.18. The summed E-state index contributed by atoms with van der Waals surface area (Å²) in [6.45, 7) is 0.933. The Morgan fingerprint density at radius 3 is 2.64 bits per heavy atom. The molecule has 14 heavy (non-hydrogen) atoms. The van der Waals surface area contributed by atoms with Crippen LogP contribution in [-0.2, 0) is 16.1 Å². The molecule has 0 bridgehead atoms. The minimum atomic E-state index is -0.375. The fraction of sp³-hybridized carbons (Fsp3) is 0.364. The van der Waals surface area contributed by atoms with Crippen LogP contribution >= 0.6 is 0 Å². The number of rotatable bonds is 6. The van der Waals surface area contributed by atoms with Gasteiger partial charge in [-0.1, -0.05) is 30.3 Å². The fourth-order valence-corrected chi connectivity index (χ4v) is 1.13. The Bertz CT molecular complexity index is 261. The van der Waals surface area contributed by atoms with E-state index in [2.05, 4.69) is 0 Å². The predicted molar refractivity (Wildman–Crippen MR) is 54.8 cm³/mol. The Kier molecular flexibility index (Phi) is 4.89. The number of ether oxygens (including phenoxy) is 1. The predicted octanol–water partition coefficient (Wildman–Crippen LogP) is 1.12. The van der Waals surface area contributed by atoms with Crippen LogP contribution in [0.3, 0.4) is 0 Å². The van der Waals surface area contributed by atoms with Crippen LogP contribution in [0, 0.1) is 0 Å². The highest BCUT2D eigenvalue weighted by Crippen LogP contribution is 2.03. The van der Waals surface area contributed by atoms with E-state index in [1.165, 1.54) is 0 Å². The summed E-state index contributed by atoms with van der Waals surface area (Å²) in [5, 5.41) is 0. The van der Waals surface area contributed by atoms with Crippen LogP contribution in [-0.4, -0.2) is 18.9 Å². The average molecular weight is 193 g/mol. The molecule has 0 aliphatic carbocycles. The first kappa shape index (κ1) is 10.9. The number of benzene rings is 1. The third-order valence-corrected chi connectivity index (χ3v) is 1.91. The number of hydrogen-bond acceptors (Lipinski definition) is 3. The quantitative estimate of drug-likeness (QED) is 0.689. The van der Waals surface area contributed by atoms with E-state index < -0.39 is 0 Å². The van der Waals surface area contributed by atoms with Gasteiger partial charge in [0.05, 0.1) is 6.61 Å². The van der Waals surface area contributed by atoms with Crippen LogP contribution in [0.5, 0.6) is 0 Å². The summed E-state index contributed by atoms with van der Waals surface area (Å²) in [7, 11) is 0. The average Bonchev–Trinajstić information content (AvgIpc) is 2.25. The van der Waals surface area contributed by atoms with Gasteiger partial charge >= 0.3 is 0 Å². The van der Waals surface area contributed by atoms with E-state index in [0.29, 0.717) is 19.6 Å². The molecule has 1 rings (SSSR count). The van der Waals surface area contributed by atoms with Gasteiger partial charge in [0.2, 0.25) is 0 Å². The summed E-state index contributed by atoms with van der Waals surface area (Å²) < 4.78 is 5.37. The second-order valence-corrected chi connectivity index (χ2v) is 3.05. The Hall–Kier alpha value is -1.19. The van der Waals surface area contributed by atoms with Gasteiger partial charge in [-0.05, 0) is 18.5 Å². The minimum absolute atomic E-state index is 0.375. The molecule has 0 saturated carbocycles. The number of aldehydes is 1. The van der Waals surface area contributed by atoms with Gasteiger partial charge in [0, 0.05) is 0 Å². The molecule has 76 valence electrons. The second kappa shape index (κ2) is 6.29. The Morgan fingerprint density at radius 2 is 2.07 bits per heavy atom. The molecule has 3 heteroatoms. The molecule has 0 aromatic heterocycles. The smallest absolute Gasteiger partial charge is 0.148 e. The van der Waals surface area contributed by atoms with Crippen molar-refractivity contribution in [3.05, 3.63) is 35.9 Å². The van der Waals surface area contributed by atoms with Crippen molar-refractivity contribution in [2.24, 2.45) is 5.73 Å². The van der Waals surface area contributed by atoms with Gasteiger partial charge in [0.25, 0.3) is 0 Å². The Labute approximate surface area is 83.9 Å². The third kappa shape index (κ3) is 3.68. The van der Waals surface area contributed by atoms with Crippen LogP contribution in [0.1, 0.15) is 12.0 Å². The van der Waals surface area contributed by atoms with E-state index >= 15 is 0 Å². The molecule has 1 aromatic carbocycles. The molecule has 0 amide bonds. The van der Waals surface area contributed by atoms with Crippen LogP contribution in [0.4, 0.5) is 0 Å². The van der Waals surface area contributed by atoms with Crippen molar-refractivity contribution >= 4 is 6.29 Å². The summed E-state index contributed by atoms with van der Waals surface area (Å²) in [5.41, 5.74) is 6.40. The summed E-state index contributed by atoms with van der Waals surface area (Å²) in [4.78, 5) is 10.5. The van der Waals surface area contributed by atoms with Gasteiger partial charge in [0.15, 0.2) is 0 Å². The number of hydrogen-bond donors (Lipinski definition) is 1.